The molecule has 0 unspecified atom stereocenters. The molecule has 0 atom stereocenters. The van der Waals surface area contributed by atoms with Gasteiger partial charge in [0.15, 0.2) is 6.54 Å². The van der Waals surface area contributed by atoms with Gasteiger partial charge in [-0.3, -0.25) is 0 Å². The van der Waals surface area contributed by atoms with E-state index in [1.54, 1.807) is 0 Å². The molecule has 0 aliphatic rings. The number of unbranched alkanes of at least 4 members (excludes halogenated alkanes) is 9. The number of aryl methyl sites for hydroxylation is 1. The van der Waals surface area contributed by atoms with E-state index in [-0.39, 0.29) is 0 Å². The van der Waals surface area contributed by atoms with Gasteiger partial charge in [-0.15, -0.1) is 0 Å². The number of nitrogens with zero attached hydrogens (tertiary/aromatic N) is 1. The Kier molecular flexibility index (Phi) is 9.06. The van der Waals surface area contributed by atoms with Gasteiger partial charge < -0.3 is 0 Å². The number of thioether (sulfide) groups is 1. The molecule has 1 aromatic carbocycles. The number of para-hydroxylation sites is 1. The average molecular weight is 351 g/mol. The average Bonchev–Trinajstić information content (AvgIpc) is 2.94. The Balaban J connectivity index is 1.65. The van der Waals surface area contributed by atoms with Crippen molar-refractivity contribution in [2.45, 2.75) is 82.0 Å². The molecule has 0 spiro atoms. The van der Waals surface area contributed by atoms with Crippen molar-refractivity contribution in [1.82, 2.24) is 0 Å². The topological polar surface area (TPSA) is 3.88 Å². The molecule has 0 radical (unpaired) electrons. The highest BCUT2D eigenvalue weighted by Crippen LogP contribution is 2.26. The van der Waals surface area contributed by atoms with Crippen LogP contribution < -0.4 is 4.57 Å². The van der Waals surface area contributed by atoms with E-state index in [0.717, 1.165) is 0 Å². The fourth-order valence-electron chi connectivity index (χ4n) is 3.13. The molecule has 0 aliphatic heterocycles. The zero-order chi connectivity index (χ0) is 16.3. The molecule has 2 aromatic rings. The van der Waals surface area contributed by atoms with Crippen LogP contribution in [0, 0.1) is 0 Å². The lowest BCUT2D eigenvalue weighted by Crippen LogP contribution is -2.34. The molecule has 0 N–H and O–H groups in total. The van der Waals surface area contributed by atoms with Crippen LogP contribution in [-0.2, 0) is 6.54 Å². The van der Waals surface area contributed by atoms with Crippen molar-refractivity contribution in [2.24, 2.45) is 0 Å². The van der Waals surface area contributed by atoms with Crippen LogP contribution in [0.15, 0.2) is 28.6 Å². The van der Waals surface area contributed by atoms with E-state index in [2.05, 4.69) is 42.0 Å². The maximum atomic E-state index is 2.52. The molecule has 2 rings (SSSR count). The molecule has 128 valence electrons. The third-order valence-corrected chi connectivity index (χ3v) is 6.76. The van der Waals surface area contributed by atoms with E-state index in [0.29, 0.717) is 0 Å². The van der Waals surface area contributed by atoms with E-state index in [9.17, 15) is 0 Å². The highest BCUT2D eigenvalue weighted by molar-refractivity contribution is 8.00. The Morgan fingerprint density at radius 2 is 1.48 bits per heavy atom. The summed E-state index contributed by atoms with van der Waals surface area (Å²) in [6, 6.07) is 8.82. The summed E-state index contributed by atoms with van der Waals surface area (Å²) in [6.45, 7) is 3.47. The van der Waals surface area contributed by atoms with Crippen LogP contribution in [0.1, 0.15) is 71.1 Å². The second-order valence-electron chi connectivity index (χ2n) is 6.37. The monoisotopic (exact) mass is 350 g/mol. The number of thiazole rings is 1. The lowest BCUT2D eigenvalue weighted by molar-refractivity contribution is -0.702. The number of hydrogen-bond donors (Lipinski definition) is 0. The normalized spacial score (nSPS) is 11.4. The first kappa shape index (κ1) is 18.8. The van der Waals surface area contributed by atoms with Crippen molar-refractivity contribution in [3.8, 4) is 0 Å². The van der Waals surface area contributed by atoms with E-state index >= 15 is 0 Å². The SMILES string of the molecule is CCCCCCCCCCCC[n+]1c(SC)sc2ccccc21. The second kappa shape index (κ2) is 11.1. The molecular formula is C20H32NS2+. The van der Waals surface area contributed by atoms with Crippen LogP contribution in [0.2, 0.25) is 0 Å². The second-order valence-corrected chi connectivity index (χ2v) is 8.46. The lowest BCUT2D eigenvalue weighted by atomic mass is 10.1. The highest BCUT2D eigenvalue weighted by Gasteiger charge is 2.18. The predicted octanol–water partition coefficient (Wildman–Crippen LogP) is 6.83. The number of benzene rings is 1. The Hall–Kier alpha value is -0.540. The smallest absolute Gasteiger partial charge is 0.176 e. The zero-order valence-corrected chi connectivity index (χ0v) is 16.5. The first-order chi connectivity index (χ1) is 11.4. The van der Waals surface area contributed by atoms with Crippen LogP contribution in [-0.4, -0.2) is 6.26 Å². The van der Waals surface area contributed by atoms with Gasteiger partial charge in [-0.2, -0.15) is 4.57 Å². The highest BCUT2D eigenvalue weighted by atomic mass is 32.2. The molecular weight excluding hydrogens is 318 g/mol. The van der Waals surface area contributed by atoms with Crippen molar-refractivity contribution in [2.75, 3.05) is 6.26 Å². The summed E-state index contributed by atoms with van der Waals surface area (Å²) in [5.41, 5.74) is 1.41. The molecule has 1 heterocycles. The molecule has 23 heavy (non-hydrogen) atoms. The van der Waals surface area contributed by atoms with Gasteiger partial charge in [0.1, 0.15) is 4.70 Å². The van der Waals surface area contributed by atoms with E-state index in [1.807, 2.05) is 23.1 Å². The molecule has 0 fully saturated rings. The van der Waals surface area contributed by atoms with Gasteiger partial charge in [0.25, 0.3) is 4.34 Å². The first-order valence-electron chi connectivity index (χ1n) is 9.32. The van der Waals surface area contributed by atoms with Crippen molar-refractivity contribution in [3.05, 3.63) is 24.3 Å². The number of hydrogen-bond acceptors (Lipinski definition) is 2. The minimum Gasteiger partial charge on any atom is -0.176 e. The van der Waals surface area contributed by atoms with E-state index < -0.39 is 0 Å². The molecule has 1 aromatic heterocycles. The van der Waals surface area contributed by atoms with E-state index in [1.165, 1.54) is 85.3 Å². The van der Waals surface area contributed by atoms with E-state index in [4.69, 9.17) is 0 Å². The molecule has 0 saturated carbocycles. The third kappa shape index (κ3) is 6.11. The Labute approximate surface area is 150 Å². The molecule has 0 aliphatic carbocycles. The fraction of sp³-hybridized carbons (Fsp3) is 0.650. The van der Waals surface area contributed by atoms with Gasteiger partial charge in [0, 0.05) is 12.5 Å². The van der Waals surface area contributed by atoms with Gasteiger partial charge >= 0.3 is 0 Å². The molecule has 0 bridgehead atoms. The quantitative estimate of drug-likeness (QED) is 0.230. The summed E-state index contributed by atoms with van der Waals surface area (Å²) in [5.74, 6) is 0. The zero-order valence-electron chi connectivity index (χ0n) is 14.9. The summed E-state index contributed by atoms with van der Waals surface area (Å²) in [7, 11) is 0. The summed E-state index contributed by atoms with van der Waals surface area (Å²) in [5, 5.41) is 0. The number of rotatable bonds is 12. The minimum atomic E-state index is 1.18. The van der Waals surface area contributed by atoms with Crippen molar-refractivity contribution >= 4 is 33.3 Å². The molecule has 0 saturated heterocycles. The third-order valence-electron chi connectivity index (χ3n) is 4.48. The van der Waals surface area contributed by atoms with Crippen LogP contribution in [0.25, 0.3) is 10.2 Å². The molecule has 0 amide bonds. The summed E-state index contributed by atoms with van der Waals surface area (Å²) in [6.07, 6.45) is 16.3. The van der Waals surface area contributed by atoms with Gasteiger partial charge in [0.2, 0.25) is 5.52 Å². The van der Waals surface area contributed by atoms with Crippen LogP contribution >= 0.6 is 23.1 Å². The summed E-state index contributed by atoms with van der Waals surface area (Å²) >= 11 is 3.82. The van der Waals surface area contributed by atoms with Crippen LogP contribution in [0.5, 0.6) is 0 Å². The van der Waals surface area contributed by atoms with Crippen molar-refractivity contribution in [1.29, 1.82) is 0 Å². The summed E-state index contributed by atoms with van der Waals surface area (Å²) in [4.78, 5) is 0. The number of fused-ring (bicyclic) bond motifs is 1. The largest absolute Gasteiger partial charge is 0.298 e. The van der Waals surface area contributed by atoms with Gasteiger partial charge in [-0.25, -0.2) is 0 Å². The minimum absolute atomic E-state index is 1.18. The molecule has 1 nitrogen and oxygen atoms in total. The van der Waals surface area contributed by atoms with Gasteiger partial charge in [0.05, 0.1) is 0 Å². The van der Waals surface area contributed by atoms with Crippen LogP contribution in [0.3, 0.4) is 0 Å². The van der Waals surface area contributed by atoms with Crippen LogP contribution in [0.4, 0.5) is 0 Å². The molecule has 3 heteroatoms. The predicted molar refractivity (Wildman–Crippen MR) is 106 cm³/mol. The standard InChI is InChI=1S/C20H32NS2/c1-3-4-5-6-7-8-9-10-11-14-17-21-18-15-12-13-16-19(18)23-20(21)22-2/h12-13,15-16H,3-11,14,17H2,1-2H3/q+1. The van der Waals surface area contributed by atoms with Crippen molar-refractivity contribution < 1.29 is 4.57 Å². The van der Waals surface area contributed by atoms with Gasteiger partial charge in [-0.1, -0.05) is 81.8 Å². The Bertz CT molecular complexity index is 562. The Morgan fingerprint density at radius 3 is 2.13 bits per heavy atom. The summed E-state index contributed by atoms with van der Waals surface area (Å²) < 4.78 is 5.39. The maximum absolute atomic E-state index is 2.52. The maximum Gasteiger partial charge on any atom is 0.298 e. The first-order valence-corrected chi connectivity index (χ1v) is 11.4. The lowest BCUT2D eigenvalue weighted by Gasteiger charge is -2.01. The van der Waals surface area contributed by atoms with Gasteiger partial charge in [-0.05, 0) is 30.5 Å². The van der Waals surface area contributed by atoms with Crippen molar-refractivity contribution in [3.63, 3.8) is 0 Å². The number of aromatic nitrogens is 1. The fourth-order valence-corrected chi connectivity index (χ4v) is 5.06. The Morgan fingerprint density at radius 1 is 0.870 bits per heavy atom.